The molecular weight excluding hydrogens is 409 g/mol. The average molecular weight is 431 g/mol. The topological polar surface area (TPSA) is 77.8 Å². The van der Waals surface area contributed by atoms with Gasteiger partial charge in [-0.25, -0.2) is 9.88 Å². The van der Waals surface area contributed by atoms with Crippen LogP contribution in [0.25, 0.3) is 11.0 Å². The summed E-state index contributed by atoms with van der Waals surface area (Å²) in [5.41, 5.74) is -0.0443. The van der Waals surface area contributed by atoms with Gasteiger partial charge in [0.05, 0.1) is 6.10 Å². The Balaban J connectivity index is 1.95. The largest absolute Gasteiger partial charge is 0.462 e. The van der Waals surface area contributed by atoms with Gasteiger partial charge < -0.3 is 13.7 Å². The molecule has 1 aromatic heterocycles. The highest BCUT2D eigenvalue weighted by atomic mass is 32.4. The summed E-state index contributed by atoms with van der Waals surface area (Å²) in [4.78, 5) is 23.8. The quantitative estimate of drug-likeness (QED) is 0.347. The van der Waals surface area contributed by atoms with Gasteiger partial charge in [-0.05, 0) is 62.9 Å². The van der Waals surface area contributed by atoms with Gasteiger partial charge in [0.25, 0.3) is 0 Å². The molecule has 2 atom stereocenters. The minimum atomic E-state index is -2.87. The number of hydrogen-bond donors (Lipinski definition) is 1. The summed E-state index contributed by atoms with van der Waals surface area (Å²) in [6, 6.07) is 16.9. The predicted octanol–water partition coefficient (Wildman–Crippen LogP) is 3.74. The molecule has 0 saturated heterocycles. The zero-order valence-electron chi connectivity index (χ0n) is 16.3. The minimum absolute atomic E-state index is 0.231. The second kappa shape index (κ2) is 8.91. The number of nitrogens with one attached hydrogen (secondary N) is 1. The van der Waals surface area contributed by atoms with E-state index in [1.165, 1.54) is 6.07 Å². The first kappa shape index (κ1) is 21.2. The van der Waals surface area contributed by atoms with Crippen LogP contribution in [0.3, 0.4) is 0 Å². The fourth-order valence-electron chi connectivity index (χ4n) is 2.67. The van der Waals surface area contributed by atoms with E-state index in [0.717, 1.165) is 10.7 Å². The lowest BCUT2D eigenvalue weighted by molar-refractivity contribution is -0.148. The normalized spacial score (nSPS) is 14.3. The van der Waals surface area contributed by atoms with Gasteiger partial charge in [0.2, 0.25) is 6.42 Å². The number of benzene rings is 2. The molecule has 3 aromatic rings. The summed E-state index contributed by atoms with van der Waals surface area (Å²) in [7, 11) is 0. The van der Waals surface area contributed by atoms with Crippen molar-refractivity contribution in [2.45, 2.75) is 32.9 Å². The van der Waals surface area contributed by atoms with Crippen LogP contribution in [0, 0.1) is 0 Å². The highest BCUT2D eigenvalue weighted by Crippen LogP contribution is 2.43. The van der Waals surface area contributed by atoms with Crippen LogP contribution in [0.4, 0.5) is 0 Å². The van der Waals surface area contributed by atoms with Crippen LogP contribution in [-0.4, -0.2) is 18.1 Å². The van der Waals surface area contributed by atoms with Crippen LogP contribution in [0.2, 0.25) is 0 Å². The smallest absolute Gasteiger partial charge is 0.336 e. The molecule has 0 bridgehead atoms. The standard InChI is InChI=1S/C21H22NO5PS/c1-14(2)25-21(24)15(3)22-28(29,18-7-5-4-6-8-18)27-17-11-9-16-10-12-20(23)26-19(16)13-17/h4-15H,1-3H3,(H,22,29)/t15-,28?/m0/s1. The molecule has 0 aliphatic heterocycles. The summed E-state index contributed by atoms with van der Waals surface area (Å²) in [6.07, 6.45) is -3.11. The lowest BCUT2D eigenvalue weighted by Gasteiger charge is -2.27. The molecule has 6 nitrogen and oxygen atoms in total. The van der Waals surface area contributed by atoms with Crippen LogP contribution in [-0.2, 0) is 21.3 Å². The lowest BCUT2D eigenvalue weighted by atomic mass is 10.2. The van der Waals surface area contributed by atoms with Crippen molar-refractivity contribution in [2.75, 3.05) is 0 Å². The van der Waals surface area contributed by atoms with Crippen LogP contribution in [0.5, 0.6) is 5.75 Å². The van der Waals surface area contributed by atoms with Gasteiger partial charge >= 0.3 is 11.6 Å². The van der Waals surface area contributed by atoms with Crippen molar-refractivity contribution in [1.29, 1.82) is 0 Å². The second-order valence-electron chi connectivity index (χ2n) is 6.77. The molecule has 0 aliphatic carbocycles. The van der Waals surface area contributed by atoms with Gasteiger partial charge in [0, 0.05) is 22.8 Å². The second-order valence-corrected chi connectivity index (χ2v) is 10.4. The van der Waals surface area contributed by atoms with Crippen molar-refractivity contribution in [3.05, 3.63) is 71.1 Å². The van der Waals surface area contributed by atoms with Gasteiger partial charge in [0.1, 0.15) is 17.4 Å². The molecule has 0 spiro atoms. The number of carbonyl (C=O) groups is 1. The third-order valence-corrected chi connectivity index (χ3v) is 7.34. The van der Waals surface area contributed by atoms with Crippen LogP contribution < -0.4 is 20.5 Å². The lowest BCUT2D eigenvalue weighted by Crippen LogP contribution is -2.38. The van der Waals surface area contributed by atoms with Gasteiger partial charge in [-0.3, -0.25) is 4.79 Å². The van der Waals surface area contributed by atoms with Gasteiger partial charge in [-0.2, -0.15) is 0 Å². The fraction of sp³-hybridized carbons (Fsp3) is 0.238. The molecule has 3 rings (SSSR count). The molecule has 1 heterocycles. The summed E-state index contributed by atoms with van der Waals surface area (Å²) in [6.45, 7) is 5.27. The Bertz CT molecular complexity index is 1110. The van der Waals surface area contributed by atoms with E-state index in [2.05, 4.69) is 5.09 Å². The molecule has 1 N–H and O–H groups in total. The highest BCUT2D eigenvalue weighted by Gasteiger charge is 2.28. The molecular formula is C21H22NO5PS. The van der Waals surface area contributed by atoms with Crippen LogP contribution in [0.1, 0.15) is 20.8 Å². The average Bonchev–Trinajstić information content (AvgIpc) is 2.67. The fourth-order valence-corrected chi connectivity index (χ4v) is 5.66. The van der Waals surface area contributed by atoms with Crippen molar-refractivity contribution < 1.29 is 18.5 Å². The molecule has 8 heteroatoms. The molecule has 0 fully saturated rings. The Labute approximate surface area is 174 Å². The maximum atomic E-state index is 12.3. The van der Waals surface area contributed by atoms with Gasteiger partial charge in [0.15, 0.2) is 0 Å². The Morgan fingerprint density at radius 3 is 2.45 bits per heavy atom. The van der Waals surface area contributed by atoms with E-state index in [1.807, 2.05) is 30.3 Å². The molecule has 0 aliphatic rings. The maximum Gasteiger partial charge on any atom is 0.336 e. The van der Waals surface area contributed by atoms with Crippen molar-refractivity contribution in [3.63, 3.8) is 0 Å². The SMILES string of the molecule is CC(C)OC(=O)[C@H](C)NP(=S)(Oc1ccc2ccc(=O)oc2c1)c1ccccc1. The summed E-state index contributed by atoms with van der Waals surface area (Å²) in [5, 5.41) is 4.69. The first-order valence-electron chi connectivity index (χ1n) is 9.14. The Kier molecular flexibility index (Phi) is 6.52. The van der Waals surface area contributed by atoms with E-state index < -0.39 is 24.1 Å². The summed E-state index contributed by atoms with van der Waals surface area (Å²) in [5.74, 6) is 0.0363. The third kappa shape index (κ3) is 5.32. The van der Waals surface area contributed by atoms with Crippen LogP contribution in [0.15, 0.2) is 69.9 Å². The first-order valence-corrected chi connectivity index (χ1v) is 11.9. The molecule has 29 heavy (non-hydrogen) atoms. The molecule has 2 aromatic carbocycles. The molecule has 1 unspecified atom stereocenters. The van der Waals surface area contributed by atoms with E-state index in [4.69, 9.17) is 25.5 Å². The first-order chi connectivity index (χ1) is 13.8. The van der Waals surface area contributed by atoms with E-state index >= 15 is 0 Å². The van der Waals surface area contributed by atoms with Gasteiger partial charge in [-0.15, -0.1) is 0 Å². The number of carbonyl (C=O) groups excluding carboxylic acids is 1. The van der Waals surface area contributed by atoms with E-state index in [0.29, 0.717) is 11.3 Å². The summed E-state index contributed by atoms with van der Waals surface area (Å²) >= 11 is 5.89. The van der Waals surface area contributed by atoms with Crippen molar-refractivity contribution in [3.8, 4) is 5.75 Å². The van der Waals surface area contributed by atoms with Gasteiger partial charge in [-0.1, -0.05) is 18.2 Å². The Morgan fingerprint density at radius 1 is 1.07 bits per heavy atom. The third-order valence-electron chi connectivity index (χ3n) is 3.99. The predicted molar refractivity (Wildman–Crippen MR) is 117 cm³/mol. The van der Waals surface area contributed by atoms with E-state index in [9.17, 15) is 9.59 Å². The van der Waals surface area contributed by atoms with Crippen molar-refractivity contribution >= 4 is 40.5 Å². The van der Waals surface area contributed by atoms with E-state index in [1.54, 1.807) is 45.0 Å². The van der Waals surface area contributed by atoms with Crippen LogP contribution >= 0.6 is 6.42 Å². The number of hydrogen-bond acceptors (Lipinski definition) is 6. The molecule has 152 valence electrons. The maximum absolute atomic E-state index is 12.3. The Morgan fingerprint density at radius 2 is 1.76 bits per heavy atom. The Hall–Kier alpha value is -2.47. The number of fused-ring (bicyclic) bond motifs is 1. The molecule has 0 amide bonds. The number of rotatable bonds is 7. The molecule has 0 saturated carbocycles. The van der Waals surface area contributed by atoms with Crippen molar-refractivity contribution in [2.24, 2.45) is 0 Å². The monoisotopic (exact) mass is 431 g/mol. The van der Waals surface area contributed by atoms with E-state index in [-0.39, 0.29) is 6.10 Å². The molecule has 0 radical (unpaired) electrons. The zero-order chi connectivity index (χ0) is 21.0. The summed E-state index contributed by atoms with van der Waals surface area (Å²) < 4.78 is 16.7. The minimum Gasteiger partial charge on any atom is -0.462 e. The zero-order valence-corrected chi connectivity index (χ0v) is 18.0. The number of esters is 1. The number of ether oxygens (including phenoxy) is 1. The van der Waals surface area contributed by atoms with Crippen molar-refractivity contribution in [1.82, 2.24) is 5.09 Å². The highest BCUT2D eigenvalue weighted by molar-refractivity contribution is 8.15.